The fraction of sp³-hybridized carbons (Fsp3) is 0.353. The van der Waals surface area contributed by atoms with Crippen molar-refractivity contribution in [3.05, 3.63) is 53.3 Å². The van der Waals surface area contributed by atoms with Gasteiger partial charge in [0.1, 0.15) is 0 Å². The lowest BCUT2D eigenvalue weighted by Gasteiger charge is -2.13. The summed E-state index contributed by atoms with van der Waals surface area (Å²) in [6.07, 6.45) is 3.22. The smallest absolute Gasteiger partial charge is 0.337 e. The highest BCUT2D eigenvalue weighted by Crippen LogP contribution is 2.18. The van der Waals surface area contributed by atoms with Crippen LogP contribution in [0.3, 0.4) is 0 Å². The number of nitrogens with one attached hydrogen (secondary N) is 1. The molecule has 0 spiro atoms. The van der Waals surface area contributed by atoms with Gasteiger partial charge < -0.3 is 14.6 Å². The first-order chi connectivity index (χ1) is 10.2. The summed E-state index contributed by atoms with van der Waals surface area (Å²) < 4.78 is 6.99. The van der Waals surface area contributed by atoms with Crippen LogP contribution < -0.4 is 5.32 Å². The number of aromatic nitrogens is 1. The molecule has 2 rings (SSSR count). The van der Waals surface area contributed by atoms with Gasteiger partial charge in [0.15, 0.2) is 0 Å². The fourth-order valence-corrected chi connectivity index (χ4v) is 2.36. The van der Waals surface area contributed by atoms with Crippen molar-refractivity contribution in [3.63, 3.8) is 0 Å². The summed E-state index contributed by atoms with van der Waals surface area (Å²) in [6, 6.07) is 9.75. The zero-order valence-electron chi connectivity index (χ0n) is 12.8. The quantitative estimate of drug-likeness (QED) is 0.825. The zero-order chi connectivity index (χ0) is 15.2. The molecule has 112 valence electrons. The number of carbonyl (C=O) groups excluding carboxylic acids is 1. The molecule has 0 radical (unpaired) electrons. The first kappa shape index (κ1) is 15.2. The van der Waals surface area contributed by atoms with Crippen LogP contribution in [-0.2, 0) is 17.8 Å². The average Bonchev–Trinajstić information content (AvgIpc) is 2.93. The van der Waals surface area contributed by atoms with Crippen molar-refractivity contribution in [2.24, 2.45) is 0 Å². The Kier molecular flexibility index (Phi) is 5.04. The van der Waals surface area contributed by atoms with Crippen molar-refractivity contribution < 1.29 is 9.53 Å². The Morgan fingerprint density at radius 2 is 2.14 bits per heavy atom. The van der Waals surface area contributed by atoms with Gasteiger partial charge in [0, 0.05) is 24.1 Å². The van der Waals surface area contributed by atoms with Crippen LogP contribution in [0.25, 0.3) is 0 Å². The van der Waals surface area contributed by atoms with E-state index in [9.17, 15) is 4.79 Å². The number of hydrogen-bond acceptors (Lipinski definition) is 3. The van der Waals surface area contributed by atoms with Crippen LogP contribution in [0.2, 0.25) is 0 Å². The average molecular weight is 286 g/mol. The van der Waals surface area contributed by atoms with E-state index in [-0.39, 0.29) is 5.97 Å². The van der Waals surface area contributed by atoms with Crippen LogP contribution in [0.5, 0.6) is 0 Å². The van der Waals surface area contributed by atoms with Crippen LogP contribution >= 0.6 is 0 Å². The summed E-state index contributed by atoms with van der Waals surface area (Å²) in [7, 11) is 1.39. The molecule has 0 fully saturated rings. The number of anilines is 1. The highest BCUT2D eigenvalue weighted by molar-refractivity contribution is 5.90. The van der Waals surface area contributed by atoms with Crippen molar-refractivity contribution >= 4 is 11.7 Å². The van der Waals surface area contributed by atoms with Gasteiger partial charge in [0.05, 0.1) is 19.2 Å². The third-order valence-corrected chi connectivity index (χ3v) is 3.50. The van der Waals surface area contributed by atoms with Gasteiger partial charge in [0.25, 0.3) is 0 Å². The minimum absolute atomic E-state index is 0.304. The number of hydrogen-bond donors (Lipinski definition) is 1. The van der Waals surface area contributed by atoms with E-state index in [2.05, 4.69) is 35.1 Å². The number of methoxy groups -OCH3 is 1. The van der Waals surface area contributed by atoms with Crippen molar-refractivity contribution in [2.45, 2.75) is 33.4 Å². The molecule has 0 unspecified atom stereocenters. The lowest BCUT2D eigenvalue weighted by molar-refractivity contribution is 0.0600. The summed E-state index contributed by atoms with van der Waals surface area (Å²) in [5.74, 6) is -0.304. The van der Waals surface area contributed by atoms with Gasteiger partial charge in [-0.15, -0.1) is 0 Å². The molecule has 2 aromatic rings. The second-order valence-electron chi connectivity index (χ2n) is 5.07. The van der Waals surface area contributed by atoms with E-state index < -0.39 is 0 Å². The molecule has 4 heteroatoms. The van der Waals surface area contributed by atoms with E-state index in [1.165, 1.54) is 12.8 Å². The van der Waals surface area contributed by atoms with E-state index in [0.29, 0.717) is 5.56 Å². The van der Waals surface area contributed by atoms with Gasteiger partial charge >= 0.3 is 5.97 Å². The maximum Gasteiger partial charge on any atom is 0.337 e. The largest absolute Gasteiger partial charge is 0.465 e. The fourth-order valence-electron chi connectivity index (χ4n) is 2.36. The molecule has 0 aliphatic rings. The van der Waals surface area contributed by atoms with Gasteiger partial charge in [0.2, 0.25) is 0 Å². The van der Waals surface area contributed by atoms with Gasteiger partial charge in [-0.3, -0.25) is 0 Å². The molecule has 0 amide bonds. The zero-order valence-corrected chi connectivity index (χ0v) is 12.8. The van der Waals surface area contributed by atoms with E-state index in [4.69, 9.17) is 4.74 Å². The second kappa shape index (κ2) is 6.97. The highest BCUT2D eigenvalue weighted by Gasteiger charge is 2.08. The lowest BCUT2D eigenvalue weighted by atomic mass is 10.1. The van der Waals surface area contributed by atoms with Crippen molar-refractivity contribution in [1.82, 2.24) is 4.57 Å². The highest BCUT2D eigenvalue weighted by atomic mass is 16.5. The second-order valence-corrected chi connectivity index (χ2v) is 5.07. The molecule has 0 aliphatic carbocycles. The minimum Gasteiger partial charge on any atom is -0.465 e. The Bertz CT molecular complexity index is 617. The third kappa shape index (κ3) is 3.66. The van der Waals surface area contributed by atoms with Crippen LogP contribution in [0.4, 0.5) is 5.69 Å². The Hall–Kier alpha value is -2.23. The van der Waals surface area contributed by atoms with Gasteiger partial charge in [-0.2, -0.15) is 0 Å². The first-order valence-corrected chi connectivity index (χ1v) is 7.22. The van der Waals surface area contributed by atoms with Gasteiger partial charge in [-0.25, -0.2) is 4.79 Å². The first-order valence-electron chi connectivity index (χ1n) is 7.22. The summed E-state index contributed by atoms with van der Waals surface area (Å²) in [5, 5.41) is 3.43. The molecule has 4 nitrogen and oxygen atoms in total. The molecular formula is C17H22N2O2. The summed E-state index contributed by atoms with van der Waals surface area (Å²) in [4.78, 5) is 11.5. The molecule has 1 N–H and O–H groups in total. The molecule has 0 aliphatic heterocycles. The molecule has 21 heavy (non-hydrogen) atoms. The maximum absolute atomic E-state index is 11.5. The standard InChI is InChI=1S/C17H22N2O2/c1-4-9-19-10-5-6-15(19)12-18-16-8-7-14(11-13(16)2)17(20)21-3/h5-8,10-11,18H,4,9,12H2,1-3H3. The predicted molar refractivity (Wildman–Crippen MR) is 84.6 cm³/mol. The van der Waals surface area contributed by atoms with Gasteiger partial charge in [-0.05, 0) is 49.2 Å². The van der Waals surface area contributed by atoms with E-state index in [1.54, 1.807) is 6.07 Å². The minimum atomic E-state index is -0.304. The Balaban J connectivity index is 2.06. The Labute approximate surface area is 125 Å². The monoisotopic (exact) mass is 286 g/mol. The van der Waals surface area contributed by atoms with Crippen molar-refractivity contribution in [1.29, 1.82) is 0 Å². The van der Waals surface area contributed by atoms with Crippen LogP contribution in [-0.4, -0.2) is 17.6 Å². The topological polar surface area (TPSA) is 43.3 Å². The molecule has 0 saturated heterocycles. The number of benzene rings is 1. The molecule has 1 heterocycles. The summed E-state index contributed by atoms with van der Waals surface area (Å²) in [5.41, 5.74) is 3.90. The molecule has 0 saturated carbocycles. The lowest BCUT2D eigenvalue weighted by Crippen LogP contribution is -2.08. The number of rotatable bonds is 6. The molecule has 1 aromatic carbocycles. The normalized spacial score (nSPS) is 10.4. The van der Waals surface area contributed by atoms with E-state index >= 15 is 0 Å². The summed E-state index contributed by atoms with van der Waals surface area (Å²) in [6.45, 7) is 5.96. The maximum atomic E-state index is 11.5. The number of nitrogens with zero attached hydrogens (tertiary/aromatic N) is 1. The van der Waals surface area contributed by atoms with E-state index in [0.717, 1.165) is 30.8 Å². The van der Waals surface area contributed by atoms with Crippen LogP contribution in [0.15, 0.2) is 36.5 Å². The molecule has 0 bridgehead atoms. The van der Waals surface area contributed by atoms with Crippen molar-refractivity contribution in [2.75, 3.05) is 12.4 Å². The van der Waals surface area contributed by atoms with Crippen LogP contribution in [0, 0.1) is 6.92 Å². The molecule has 0 atom stereocenters. The Morgan fingerprint density at radius 3 is 2.81 bits per heavy atom. The molecular weight excluding hydrogens is 264 g/mol. The van der Waals surface area contributed by atoms with Gasteiger partial charge in [-0.1, -0.05) is 6.92 Å². The third-order valence-electron chi connectivity index (χ3n) is 3.50. The summed E-state index contributed by atoms with van der Waals surface area (Å²) >= 11 is 0. The number of esters is 1. The van der Waals surface area contributed by atoms with E-state index in [1.807, 2.05) is 19.1 Å². The number of carbonyl (C=O) groups is 1. The number of ether oxygens (including phenoxy) is 1. The van der Waals surface area contributed by atoms with Crippen LogP contribution in [0.1, 0.15) is 35.0 Å². The van der Waals surface area contributed by atoms with Crippen molar-refractivity contribution in [3.8, 4) is 0 Å². The molecule has 1 aromatic heterocycles. The SMILES string of the molecule is CCCn1cccc1CNc1ccc(C(=O)OC)cc1C. The number of aryl methyl sites for hydroxylation is 2. The predicted octanol–water partition coefficient (Wildman–Crippen LogP) is 3.61. The Morgan fingerprint density at radius 1 is 1.33 bits per heavy atom.